The van der Waals surface area contributed by atoms with Gasteiger partial charge in [0.25, 0.3) is 5.91 Å². The van der Waals surface area contributed by atoms with Crippen molar-refractivity contribution in [3.8, 4) is 12.3 Å². The first-order chi connectivity index (χ1) is 17.7. The molecular weight excluding hydrogens is 495 g/mol. The van der Waals surface area contributed by atoms with Gasteiger partial charge in [-0.3, -0.25) is 14.4 Å². The zero-order valence-electron chi connectivity index (χ0n) is 20.2. The van der Waals surface area contributed by atoms with Crippen molar-refractivity contribution in [1.29, 1.82) is 0 Å². The van der Waals surface area contributed by atoms with Gasteiger partial charge in [0.2, 0.25) is 5.91 Å². The predicted molar refractivity (Wildman–Crippen MR) is 140 cm³/mol. The molecule has 3 N–H and O–H groups in total. The van der Waals surface area contributed by atoms with E-state index < -0.39 is 23.0 Å². The van der Waals surface area contributed by atoms with E-state index in [1.54, 1.807) is 29.2 Å². The number of aromatic nitrogens is 1. The number of fused-ring (bicyclic) bond motifs is 3. The quantitative estimate of drug-likeness (QED) is 0.328. The normalized spacial score (nSPS) is 23.0. The Hall–Kier alpha value is -3.67. The average molecular weight is 521 g/mol. The van der Waals surface area contributed by atoms with Crippen LogP contribution in [0.4, 0.5) is 10.1 Å². The Morgan fingerprint density at radius 3 is 2.89 bits per heavy atom. The maximum absolute atomic E-state index is 14.9. The van der Waals surface area contributed by atoms with E-state index in [0.29, 0.717) is 23.7 Å². The highest BCUT2D eigenvalue weighted by atomic mass is 35.5. The molecule has 1 fully saturated rings. The summed E-state index contributed by atoms with van der Waals surface area (Å²) in [6, 6.07) is 13.2. The van der Waals surface area contributed by atoms with Gasteiger partial charge >= 0.3 is 0 Å². The Morgan fingerprint density at radius 2 is 2.16 bits per heavy atom. The average Bonchev–Trinajstić information content (AvgIpc) is 3.56. The second-order valence-electron chi connectivity index (χ2n) is 10.0. The number of nitrogens with one attached hydrogen (secondary N) is 3. The smallest absolute Gasteiger partial charge is 0.268 e. The highest BCUT2D eigenvalue weighted by Crippen LogP contribution is 2.46. The molecule has 2 aromatic carbocycles. The van der Waals surface area contributed by atoms with E-state index in [4.69, 9.17) is 18.0 Å². The highest BCUT2D eigenvalue weighted by Gasteiger charge is 2.54. The second kappa shape index (κ2) is 9.33. The van der Waals surface area contributed by atoms with Crippen LogP contribution in [0.1, 0.15) is 35.8 Å². The standard InChI is InChI=1S/C28H26ClFN4O3/c1-3-19-13-28(15-31-19)21-6-4-5-7-24(21)34(26(28)37)14-20(12-27(2,30)16-35)32-25(36)23-11-17-10-18(29)8-9-22(17)33-23/h1,4-11,16,19-20,31,33H,12-15H2,2H3,(H,32,36)/t19-,20?,27+,28+/m1/s1. The first-order valence-electron chi connectivity index (χ1n) is 12.0. The summed E-state index contributed by atoms with van der Waals surface area (Å²) in [5.74, 6) is 2.04. The summed E-state index contributed by atoms with van der Waals surface area (Å²) in [5.41, 5.74) is -0.510. The van der Waals surface area contributed by atoms with Crippen molar-refractivity contribution in [2.45, 2.75) is 42.9 Å². The van der Waals surface area contributed by atoms with Gasteiger partial charge in [-0.2, -0.15) is 0 Å². The third-order valence-electron chi connectivity index (χ3n) is 7.23. The van der Waals surface area contributed by atoms with Gasteiger partial charge in [0, 0.05) is 41.1 Å². The minimum absolute atomic E-state index is 0.0105. The van der Waals surface area contributed by atoms with Crippen molar-refractivity contribution < 1.29 is 18.8 Å². The zero-order chi connectivity index (χ0) is 26.4. The number of nitrogens with zero attached hydrogens (tertiary/aromatic N) is 1. The van der Waals surface area contributed by atoms with Gasteiger partial charge in [-0.1, -0.05) is 35.7 Å². The maximum atomic E-state index is 14.9. The summed E-state index contributed by atoms with van der Waals surface area (Å²) < 4.78 is 14.9. The lowest BCUT2D eigenvalue weighted by molar-refractivity contribution is -0.122. The number of H-pyrrole nitrogens is 1. The van der Waals surface area contributed by atoms with Gasteiger partial charge in [-0.05, 0) is 49.2 Å². The van der Waals surface area contributed by atoms with E-state index >= 15 is 0 Å². The Morgan fingerprint density at radius 1 is 1.38 bits per heavy atom. The molecule has 0 aliphatic carbocycles. The molecule has 1 saturated heterocycles. The molecule has 4 atom stereocenters. The molecule has 7 nitrogen and oxygen atoms in total. The monoisotopic (exact) mass is 520 g/mol. The number of anilines is 1. The number of hydrogen-bond acceptors (Lipinski definition) is 4. The number of benzene rings is 2. The van der Waals surface area contributed by atoms with Gasteiger partial charge in [-0.15, -0.1) is 6.42 Å². The van der Waals surface area contributed by atoms with E-state index in [1.165, 1.54) is 0 Å². The molecule has 1 spiro atoms. The van der Waals surface area contributed by atoms with Gasteiger partial charge in [-0.25, -0.2) is 4.39 Å². The summed E-state index contributed by atoms with van der Waals surface area (Å²) in [5, 5.41) is 7.34. The van der Waals surface area contributed by atoms with Crippen LogP contribution in [0, 0.1) is 12.3 Å². The van der Waals surface area contributed by atoms with Crippen LogP contribution in [0.25, 0.3) is 10.9 Å². The number of amides is 2. The van der Waals surface area contributed by atoms with Crippen LogP contribution in [-0.4, -0.2) is 53.9 Å². The molecule has 2 amide bonds. The second-order valence-corrected chi connectivity index (χ2v) is 10.4. The van der Waals surface area contributed by atoms with Gasteiger partial charge in [0.05, 0.1) is 17.5 Å². The number of hydrogen-bond donors (Lipinski definition) is 3. The van der Waals surface area contributed by atoms with Crippen LogP contribution in [0.3, 0.4) is 0 Å². The molecule has 1 unspecified atom stereocenters. The lowest BCUT2D eigenvalue weighted by Crippen LogP contribution is -2.50. The van der Waals surface area contributed by atoms with E-state index in [9.17, 15) is 18.8 Å². The molecule has 2 aliphatic rings. The van der Waals surface area contributed by atoms with Crippen LogP contribution < -0.4 is 15.5 Å². The van der Waals surface area contributed by atoms with Crippen molar-refractivity contribution >= 4 is 46.3 Å². The molecule has 2 aliphatic heterocycles. The molecule has 190 valence electrons. The van der Waals surface area contributed by atoms with Gasteiger partial charge in [0.1, 0.15) is 5.69 Å². The number of terminal acetylenes is 1. The van der Waals surface area contributed by atoms with E-state index in [-0.39, 0.29) is 36.9 Å². The Labute approximate surface area is 218 Å². The molecule has 5 rings (SSSR count). The topological polar surface area (TPSA) is 94.3 Å². The van der Waals surface area contributed by atoms with Crippen molar-refractivity contribution in [2.75, 3.05) is 18.0 Å². The van der Waals surface area contributed by atoms with Gasteiger partial charge in [0.15, 0.2) is 12.0 Å². The number of halogens is 2. The van der Waals surface area contributed by atoms with Crippen LogP contribution in [0.2, 0.25) is 5.02 Å². The minimum atomic E-state index is -2.20. The SMILES string of the molecule is C#C[C@@H]1C[C@@]2(CN1)C(=O)N(CC(C[C@](C)(F)C=O)NC(=O)c1cc3cc(Cl)ccc3[nH]1)c1ccccc12. The number of rotatable bonds is 7. The Bertz CT molecular complexity index is 1440. The first kappa shape index (κ1) is 25.0. The van der Waals surface area contributed by atoms with Crippen LogP contribution in [-0.2, 0) is 15.0 Å². The number of aldehydes is 1. The number of aromatic amines is 1. The first-order valence-corrected chi connectivity index (χ1v) is 12.4. The van der Waals surface area contributed by atoms with Crippen molar-refractivity contribution in [3.63, 3.8) is 0 Å². The number of carbonyl (C=O) groups excluding carboxylic acids is 3. The van der Waals surface area contributed by atoms with E-state index in [2.05, 4.69) is 21.5 Å². The van der Waals surface area contributed by atoms with Crippen molar-refractivity contribution in [2.24, 2.45) is 0 Å². The minimum Gasteiger partial charge on any atom is -0.351 e. The summed E-state index contributed by atoms with van der Waals surface area (Å²) in [7, 11) is 0. The van der Waals surface area contributed by atoms with Crippen molar-refractivity contribution in [3.05, 3.63) is 64.8 Å². The summed E-state index contributed by atoms with van der Waals surface area (Å²) in [4.78, 5) is 43.1. The van der Waals surface area contributed by atoms with Crippen LogP contribution in [0.5, 0.6) is 0 Å². The number of para-hydroxylation sites is 1. The third kappa shape index (κ3) is 4.50. The molecule has 1 aromatic heterocycles. The number of carbonyl (C=O) groups is 3. The molecule has 3 heterocycles. The lowest BCUT2D eigenvalue weighted by Gasteiger charge is -2.29. The fraction of sp³-hybridized carbons (Fsp3) is 0.321. The molecule has 9 heteroatoms. The Balaban J connectivity index is 1.44. The molecular formula is C28H26ClFN4O3. The van der Waals surface area contributed by atoms with E-state index in [0.717, 1.165) is 23.4 Å². The van der Waals surface area contributed by atoms with Crippen LogP contribution in [0.15, 0.2) is 48.5 Å². The fourth-order valence-corrected chi connectivity index (χ4v) is 5.64. The van der Waals surface area contributed by atoms with Gasteiger partial charge < -0.3 is 20.5 Å². The lowest BCUT2D eigenvalue weighted by atomic mass is 9.79. The number of alkyl halides is 1. The molecule has 0 radical (unpaired) electrons. The molecule has 37 heavy (non-hydrogen) atoms. The summed E-state index contributed by atoms with van der Waals surface area (Å²) in [6.07, 6.45) is 5.98. The molecule has 3 aromatic rings. The van der Waals surface area contributed by atoms with E-state index in [1.807, 2.05) is 24.3 Å². The Kier molecular flexibility index (Phi) is 6.30. The summed E-state index contributed by atoms with van der Waals surface area (Å²) in [6.45, 7) is 1.53. The highest BCUT2D eigenvalue weighted by molar-refractivity contribution is 6.31. The maximum Gasteiger partial charge on any atom is 0.268 e. The largest absolute Gasteiger partial charge is 0.351 e. The van der Waals surface area contributed by atoms with Crippen molar-refractivity contribution in [1.82, 2.24) is 15.6 Å². The fourth-order valence-electron chi connectivity index (χ4n) is 5.45. The summed E-state index contributed by atoms with van der Waals surface area (Å²) >= 11 is 6.06. The van der Waals surface area contributed by atoms with Crippen LogP contribution >= 0.6 is 11.6 Å². The predicted octanol–water partition coefficient (Wildman–Crippen LogP) is 3.52. The molecule has 0 bridgehead atoms. The zero-order valence-corrected chi connectivity index (χ0v) is 20.9. The molecule has 0 saturated carbocycles. The third-order valence-corrected chi connectivity index (χ3v) is 7.46.